The number of nitrogen functional groups attached to an aromatic ring is 1. The monoisotopic (exact) mass is 259 g/mol. The van der Waals surface area contributed by atoms with Gasteiger partial charge >= 0.3 is 0 Å². The maximum Gasteiger partial charge on any atom is 0.251 e. The average molecular weight is 259 g/mol. The Hall–Kier alpha value is -2.70. The van der Waals surface area contributed by atoms with Crippen molar-refractivity contribution in [2.24, 2.45) is 5.18 Å². The molecule has 0 bridgehead atoms. The number of aromatic nitrogens is 2. The van der Waals surface area contributed by atoms with Crippen LogP contribution in [0.3, 0.4) is 0 Å². The van der Waals surface area contributed by atoms with E-state index in [0.29, 0.717) is 0 Å². The highest BCUT2D eigenvalue weighted by molar-refractivity contribution is 5.67. The van der Waals surface area contributed by atoms with Crippen molar-refractivity contribution < 1.29 is 4.74 Å². The first-order valence-corrected chi connectivity index (χ1v) is 5.60. The zero-order valence-corrected chi connectivity index (χ0v) is 10.3. The summed E-state index contributed by atoms with van der Waals surface area (Å²) in [7, 11) is 1.61. The Balaban J connectivity index is 2.24. The molecule has 0 atom stereocenters. The van der Waals surface area contributed by atoms with Crippen LogP contribution in [0.2, 0.25) is 0 Å². The van der Waals surface area contributed by atoms with Crippen LogP contribution in [0.15, 0.2) is 35.5 Å². The summed E-state index contributed by atoms with van der Waals surface area (Å²) in [5.41, 5.74) is 6.50. The lowest BCUT2D eigenvalue weighted by Crippen LogP contribution is -2.04. The number of nitrogens with one attached hydrogen (secondary N) is 1. The molecule has 1 aromatic carbocycles. The normalized spacial score (nSPS) is 9.95. The number of benzene rings is 1. The van der Waals surface area contributed by atoms with Gasteiger partial charge in [-0.1, -0.05) is 30.3 Å². The molecule has 19 heavy (non-hydrogen) atoms. The van der Waals surface area contributed by atoms with Crippen LogP contribution in [0.25, 0.3) is 0 Å². The average Bonchev–Trinajstić information content (AvgIpc) is 2.45. The second-order valence-electron chi connectivity index (χ2n) is 3.70. The number of nitrogens with zero attached hydrogens (tertiary/aromatic N) is 3. The van der Waals surface area contributed by atoms with Crippen molar-refractivity contribution in [1.82, 2.24) is 9.97 Å². The van der Waals surface area contributed by atoms with Gasteiger partial charge < -0.3 is 15.8 Å². The van der Waals surface area contributed by atoms with Crippen molar-refractivity contribution in [3.63, 3.8) is 0 Å². The van der Waals surface area contributed by atoms with E-state index in [2.05, 4.69) is 20.5 Å². The third-order valence-electron chi connectivity index (χ3n) is 2.42. The van der Waals surface area contributed by atoms with Gasteiger partial charge in [0.2, 0.25) is 11.6 Å². The maximum atomic E-state index is 10.8. The highest BCUT2D eigenvalue weighted by Gasteiger charge is 2.15. The minimum Gasteiger partial charge on any atom is -0.471 e. The van der Waals surface area contributed by atoms with Crippen LogP contribution >= 0.6 is 0 Å². The van der Waals surface area contributed by atoms with Gasteiger partial charge in [-0.25, -0.2) is 0 Å². The van der Waals surface area contributed by atoms with Crippen molar-refractivity contribution in [2.75, 3.05) is 18.1 Å². The molecular formula is C12H13N5O2. The minimum absolute atomic E-state index is 0.00707. The van der Waals surface area contributed by atoms with Gasteiger partial charge in [-0.2, -0.15) is 9.97 Å². The quantitative estimate of drug-likeness (QED) is 0.797. The molecule has 0 unspecified atom stereocenters. The number of rotatable bonds is 5. The first-order chi connectivity index (χ1) is 9.24. The molecule has 0 aliphatic rings. The second kappa shape index (κ2) is 5.76. The molecule has 0 spiro atoms. The zero-order valence-electron chi connectivity index (χ0n) is 10.3. The summed E-state index contributed by atoms with van der Waals surface area (Å²) in [4.78, 5) is 18.6. The molecule has 1 aromatic heterocycles. The van der Waals surface area contributed by atoms with Gasteiger partial charge in [0, 0.05) is 7.05 Å². The highest BCUT2D eigenvalue weighted by atomic mass is 16.5. The van der Waals surface area contributed by atoms with Gasteiger partial charge in [0.05, 0.1) is 0 Å². The predicted octanol–water partition coefficient (Wildman–Crippen LogP) is 2.08. The summed E-state index contributed by atoms with van der Waals surface area (Å²) >= 11 is 0. The van der Waals surface area contributed by atoms with E-state index in [9.17, 15) is 4.91 Å². The number of nitrogens with two attached hydrogens (primary N) is 1. The molecule has 1 heterocycles. The van der Waals surface area contributed by atoms with Crippen LogP contribution in [0, 0.1) is 4.91 Å². The van der Waals surface area contributed by atoms with Gasteiger partial charge in [0.25, 0.3) is 5.88 Å². The van der Waals surface area contributed by atoms with Crippen LogP contribution < -0.4 is 15.8 Å². The second-order valence-corrected chi connectivity index (χ2v) is 3.70. The van der Waals surface area contributed by atoms with Gasteiger partial charge in [-0.15, -0.1) is 4.91 Å². The molecule has 2 aromatic rings. The lowest BCUT2D eigenvalue weighted by atomic mass is 10.2. The van der Waals surface area contributed by atoms with E-state index in [0.717, 1.165) is 5.56 Å². The van der Waals surface area contributed by atoms with E-state index in [1.165, 1.54) is 0 Å². The van der Waals surface area contributed by atoms with Crippen molar-refractivity contribution in [3.8, 4) is 5.88 Å². The molecule has 3 N–H and O–H groups in total. The summed E-state index contributed by atoms with van der Waals surface area (Å²) < 4.78 is 5.47. The molecule has 98 valence electrons. The lowest BCUT2D eigenvalue weighted by molar-refractivity contribution is 0.295. The van der Waals surface area contributed by atoms with Crippen molar-refractivity contribution in [1.29, 1.82) is 0 Å². The molecular weight excluding hydrogens is 246 g/mol. The first kappa shape index (κ1) is 12.7. The molecule has 7 heteroatoms. The highest BCUT2D eigenvalue weighted by Crippen LogP contribution is 2.33. The number of anilines is 2. The van der Waals surface area contributed by atoms with Gasteiger partial charge in [-0.05, 0) is 10.7 Å². The minimum atomic E-state index is 0.00707. The molecule has 7 nitrogen and oxygen atoms in total. The van der Waals surface area contributed by atoms with Crippen LogP contribution in [-0.4, -0.2) is 17.0 Å². The van der Waals surface area contributed by atoms with Crippen LogP contribution in [0.1, 0.15) is 5.56 Å². The number of hydrogen-bond acceptors (Lipinski definition) is 7. The fourth-order valence-corrected chi connectivity index (χ4v) is 1.53. The molecule has 0 fully saturated rings. The largest absolute Gasteiger partial charge is 0.471 e. The maximum absolute atomic E-state index is 10.8. The molecule has 0 radical (unpaired) electrons. The number of hydrogen-bond donors (Lipinski definition) is 2. The molecule has 0 aliphatic carbocycles. The van der Waals surface area contributed by atoms with E-state index in [1.54, 1.807) is 7.05 Å². The Morgan fingerprint density at radius 2 is 2.05 bits per heavy atom. The first-order valence-electron chi connectivity index (χ1n) is 5.60. The van der Waals surface area contributed by atoms with Gasteiger partial charge in [0.15, 0.2) is 5.82 Å². The van der Waals surface area contributed by atoms with E-state index < -0.39 is 0 Å². The summed E-state index contributed by atoms with van der Waals surface area (Å²) in [5.74, 6) is 0.320. The lowest BCUT2D eigenvalue weighted by Gasteiger charge is -2.09. The van der Waals surface area contributed by atoms with Gasteiger partial charge in [-0.3, -0.25) is 0 Å². The Morgan fingerprint density at radius 3 is 2.68 bits per heavy atom. The standard InChI is InChI=1S/C12H13N5O2/c1-14-10-9(17-18)11(16-12(13)15-10)19-7-8-5-3-2-4-6-8/h2-6H,7H2,1H3,(H3,13,14,15,16). The fourth-order valence-electron chi connectivity index (χ4n) is 1.53. The van der Waals surface area contributed by atoms with Crippen LogP contribution in [-0.2, 0) is 6.61 Å². The molecule has 0 aliphatic heterocycles. The topological polar surface area (TPSA) is 102 Å². The SMILES string of the molecule is CNc1nc(N)nc(OCc2ccccc2)c1N=O. The molecule has 0 amide bonds. The summed E-state index contributed by atoms with van der Waals surface area (Å²) in [5, 5.41) is 5.60. The third-order valence-corrected chi connectivity index (χ3v) is 2.42. The van der Waals surface area contributed by atoms with Crippen molar-refractivity contribution in [3.05, 3.63) is 40.8 Å². The van der Waals surface area contributed by atoms with E-state index in [1.807, 2.05) is 30.3 Å². The van der Waals surface area contributed by atoms with Crippen LogP contribution in [0.5, 0.6) is 5.88 Å². The Morgan fingerprint density at radius 1 is 1.32 bits per heavy atom. The van der Waals surface area contributed by atoms with E-state index in [4.69, 9.17) is 10.5 Å². The van der Waals surface area contributed by atoms with Crippen molar-refractivity contribution in [2.45, 2.75) is 6.61 Å². The van der Waals surface area contributed by atoms with Crippen LogP contribution in [0.4, 0.5) is 17.5 Å². The van der Waals surface area contributed by atoms with E-state index >= 15 is 0 Å². The summed E-state index contributed by atoms with van der Waals surface area (Å²) in [6.07, 6.45) is 0. The summed E-state index contributed by atoms with van der Waals surface area (Å²) in [6, 6.07) is 9.49. The number of nitroso groups, excluding NO2 is 1. The smallest absolute Gasteiger partial charge is 0.251 e. The van der Waals surface area contributed by atoms with Crippen molar-refractivity contribution >= 4 is 17.5 Å². The van der Waals surface area contributed by atoms with E-state index in [-0.39, 0.29) is 29.9 Å². The molecule has 2 rings (SSSR count). The molecule has 0 saturated heterocycles. The Labute approximate surface area is 109 Å². The summed E-state index contributed by atoms with van der Waals surface area (Å²) in [6.45, 7) is 0.267. The third kappa shape index (κ3) is 2.95. The Bertz CT molecular complexity index is 574. The zero-order chi connectivity index (χ0) is 13.7. The fraction of sp³-hybridized carbons (Fsp3) is 0.167. The predicted molar refractivity (Wildman–Crippen MR) is 72.2 cm³/mol. The number of ether oxygens (including phenoxy) is 1. The Kier molecular flexibility index (Phi) is 3.87. The molecule has 0 saturated carbocycles. The van der Waals surface area contributed by atoms with Gasteiger partial charge in [0.1, 0.15) is 6.61 Å².